The maximum absolute atomic E-state index is 11.5. The van der Waals surface area contributed by atoms with Crippen molar-refractivity contribution < 1.29 is 14.0 Å². The average molecular weight is 321 g/mol. The van der Waals surface area contributed by atoms with Gasteiger partial charge >= 0.3 is 0 Å². The van der Waals surface area contributed by atoms with E-state index in [1.165, 1.54) is 0 Å². The Labute approximate surface area is 135 Å². The molecular formula is C18H28O3Si. The molecule has 0 unspecified atom stereocenters. The number of hydrogen-bond donors (Lipinski definition) is 0. The van der Waals surface area contributed by atoms with Crippen LogP contribution in [-0.4, -0.2) is 26.8 Å². The molecule has 0 saturated carbocycles. The summed E-state index contributed by atoms with van der Waals surface area (Å²) in [7, 11) is -1.85. The monoisotopic (exact) mass is 320 g/mol. The van der Waals surface area contributed by atoms with Gasteiger partial charge in [-0.05, 0) is 23.7 Å². The lowest BCUT2D eigenvalue weighted by molar-refractivity contribution is -0.120. The van der Waals surface area contributed by atoms with Crippen LogP contribution in [0.3, 0.4) is 0 Å². The molecule has 0 fully saturated rings. The van der Waals surface area contributed by atoms with Gasteiger partial charge in [-0.15, -0.1) is 6.58 Å². The van der Waals surface area contributed by atoms with Gasteiger partial charge in [0.2, 0.25) is 0 Å². The Balaban J connectivity index is 2.72. The van der Waals surface area contributed by atoms with Crippen LogP contribution in [0.1, 0.15) is 26.3 Å². The van der Waals surface area contributed by atoms with E-state index in [9.17, 15) is 4.79 Å². The van der Waals surface area contributed by atoms with Crippen LogP contribution in [0.5, 0.6) is 0 Å². The molecular weight excluding hydrogens is 292 g/mol. The van der Waals surface area contributed by atoms with Gasteiger partial charge in [0.05, 0.1) is 6.61 Å². The fourth-order valence-electron chi connectivity index (χ4n) is 2.52. The number of benzene rings is 1. The quantitative estimate of drug-likeness (QED) is 0.345. The van der Waals surface area contributed by atoms with Gasteiger partial charge in [0, 0.05) is 0 Å². The normalized spacial score (nSPS) is 14.3. The van der Waals surface area contributed by atoms with Crippen molar-refractivity contribution in [2.24, 2.45) is 0 Å². The fourth-order valence-corrected chi connectivity index (χ4v) is 5.29. The minimum absolute atomic E-state index is 0.408. The molecule has 0 N–H and O–H groups in total. The Morgan fingerprint density at radius 2 is 1.68 bits per heavy atom. The molecule has 3 nitrogen and oxygen atoms in total. The lowest BCUT2D eigenvalue weighted by atomic mass is 10.2. The third-order valence-corrected chi connectivity index (χ3v) is 8.93. The van der Waals surface area contributed by atoms with Crippen LogP contribution < -0.4 is 0 Å². The van der Waals surface area contributed by atoms with Crippen molar-refractivity contribution in [3.05, 3.63) is 48.6 Å². The summed E-state index contributed by atoms with van der Waals surface area (Å²) >= 11 is 0. The molecule has 0 saturated heterocycles. The summed E-state index contributed by atoms with van der Waals surface area (Å²) in [6.07, 6.45) is 1.56. The maximum atomic E-state index is 11.5. The van der Waals surface area contributed by atoms with Gasteiger partial charge in [0.1, 0.15) is 12.2 Å². The summed E-state index contributed by atoms with van der Waals surface area (Å²) in [5, 5.41) is 0. The van der Waals surface area contributed by atoms with Gasteiger partial charge in [-0.2, -0.15) is 0 Å². The highest BCUT2D eigenvalue weighted by molar-refractivity contribution is 6.73. The van der Waals surface area contributed by atoms with Crippen molar-refractivity contribution in [2.75, 3.05) is 0 Å². The SMILES string of the molecule is C=C[C@H](OCc1ccccc1)[C@H](C=O)O[Si](CC)(CC)CC. The van der Waals surface area contributed by atoms with Crippen LogP contribution in [-0.2, 0) is 20.6 Å². The van der Waals surface area contributed by atoms with E-state index in [-0.39, 0.29) is 0 Å². The number of carbonyl (C=O) groups is 1. The first-order chi connectivity index (χ1) is 10.6. The highest BCUT2D eigenvalue weighted by atomic mass is 28.4. The van der Waals surface area contributed by atoms with E-state index in [0.29, 0.717) is 6.61 Å². The first-order valence-electron chi connectivity index (χ1n) is 8.05. The zero-order valence-electron chi connectivity index (χ0n) is 14.0. The van der Waals surface area contributed by atoms with E-state index in [1.54, 1.807) is 6.08 Å². The summed E-state index contributed by atoms with van der Waals surface area (Å²) in [6.45, 7) is 10.7. The smallest absolute Gasteiger partial charge is 0.193 e. The molecule has 0 amide bonds. The molecule has 1 rings (SSSR count). The van der Waals surface area contributed by atoms with E-state index >= 15 is 0 Å². The summed E-state index contributed by atoms with van der Waals surface area (Å²) < 4.78 is 12.1. The average Bonchev–Trinajstić information content (AvgIpc) is 2.59. The molecule has 0 aromatic heterocycles. The van der Waals surface area contributed by atoms with Crippen molar-refractivity contribution in [2.45, 2.75) is 57.7 Å². The molecule has 0 spiro atoms. The molecule has 0 aliphatic heterocycles. The lowest BCUT2D eigenvalue weighted by Gasteiger charge is -2.33. The summed E-state index contributed by atoms with van der Waals surface area (Å²) in [5.74, 6) is 0. The molecule has 2 atom stereocenters. The number of hydrogen-bond acceptors (Lipinski definition) is 3. The topological polar surface area (TPSA) is 35.5 Å². The van der Waals surface area contributed by atoms with Gasteiger partial charge in [0.15, 0.2) is 14.6 Å². The van der Waals surface area contributed by atoms with Crippen molar-refractivity contribution in [1.82, 2.24) is 0 Å². The molecule has 0 heterocycles. The highest BCUT2D eigenvalue weighted by Crippen LogP contribution is 2.25. The van der Waals surface area contributed by atoms with E-state index in [1.807, 2.05) is 30.3 Å². The highest BCUT2D eigenvalue weighted by Gasteiger charge is 2.34. The zero-order valence-corrected chi connectivity index (χ0v) is 15.0. The standard InChI is InChI=1S/C18H28O3Si/c1-5-17(20-15-16-12-10-9-11-13-16)18(14-19)21-22(6-2,7-3)8-4/h5,9-14,17-18H,1,6-8,15H2,2-4H3/t17-,18-/m0/s1. The van der Waals surface area contributed by atoms with E-state index in [0.717, 1.165) is 30.0 Å². The summed E-state index contributed by atoms with van der Waals surface area (Å²) in [4.78, 5) is 11.5. The van der Waals surface area contributed by atoms with Gasteiger partial charge < -0.3 is 14.0 Å². The fraction of sp³-hybridized carbons (Fsp3) is 0.500. The molecule has 1 aromatic carbocycles. The molecule has 122 valence electrons. The van der Waals surface area contributed by atoms with Crippen LogP contribution >= 0.6 is 0 Å². The van der Waals surface area contributed by atoms with Gasteiger partial charge in [-0.3, -0.25) is 0 Å². The van der Waals surface area contributed by atoms with Gasteiger partial charge in [-0.25, -0.2) is 0 Å². The van der Waals surface area contributed by atoms with Gasteiger partial charge in [0.25, 0.3) is 0 Å². The Morgan fingerprint density at radius 3 is 2.14 bits per heavy atom. The van der Waals surface area contributed by atoms with Crippen LogP contribution in [0, 0.1) is 0 Å². The molecule has 22 heavy (non-hydrogen) atoms. The minimum Gasteiger partial charge on any atom is -0.404 e. The Kier molecular flexibility index (Phi) is 8.31. The number of carbonyl (C=O) groups excluding carboxylic acids is 1. The molecule has 0 aliphatic rings. The van der Waals surface area contributed by atoms with E-state index in [4.69, 9.17) is 9.16 Å². The molecule has 1 aromatic rings. The maximum Gasteiger partial charge on any atom is 0.193 e. The Hall–Kier alpha value is -1.23. The van der Waals surface area contributed by atoms with Crippen LogP contribution in [0.25, 0.3) is 0 Å². The number of rotatable bonds is 11. The summed E-state index contributed by atoms with van der Waals surface area (Å²) in [5.41, 5.74) is 1.07. The second kappa shape index (κ2) is 9.72. The Bertz CT molecular complexity index is 435. The molecule has 4 heteroatoms. The molecule has 0 radical (unpaired) electrons. The first-order valence-corrected chi connectivity index (χ1v) is 10.6. The predicted octanol–water partition coefficient (Wildman–Crippen LogP) is 4.35. The lowest BCUT2D eigenvalue weighted by Crippen LogP contribution is -2.45. The largest absolute Gasteiger partial charge is 0.404 e. The van der Waals surface area contributed by atoms with Crippen LogP contribution in [0.15, 0.2) is 43.0 Å². The Morgan fingerprint density at radius 1 is 1.09 bits per heavy atom. The minimum atomic E-state index is -1.85. The van der Waals surface area contributed by atoms with Crippen molar-refractivity contribution in [1.29, 1.82) is 0 Å². The molecule has 0 aliphatic carbocycles. The number of ether oxygens (including phenoxy) is 1. The van der Waals surface area contributed by atoms with Crippen molar-refractivity contribution in [3.8, 4) is 0 Å². The molecule has 0 bridgehead atoms. The van der Waals surface area contributed by atoms with Crippen LogP contribution in [0.4, 0.5) is 0 Å². The number of aldehydes is 1. The van der Waals surface area contributed by atoms with Crippen LogP contribution in [0.2, 0.25) is 18.1 Å². The van der Waals surface area contributed by atoms with E-state index < -0.39 is 20.5 Å². The zero-order chi connectivity index (χ0) is 16.4. The predicted molar refractivity (Wildman–Crippen MR) is 93.4 cm³/mol. The first kappa shape index (κ1) is 18.8. The third-order valence-electron chi connectivity index (χ3n) is 4.29. The summed E-state index contributed by atoms with van der Waals surface area (Å²) in [6, 6.07) is 12.9. The second-order valence-electron chi connectivity index (χ2n) is 5.46. The van der Waals surface area contributed by atoms with Crippen molar-refractivity contribution in [3.63, 3.8) is 0 Å². The third kappa shape index (κ3) is 5.20. The van der Waals surface area contributed by atoms with Crippen molar-refractivity contribution >= 4 is 14.6 Å². The van der Waals surface area contributed by atoms with Gasteiger partial charge in [-0.1, -0.05) is 57.2 Å². The second-order valence-corrected chi connectivity index (χ2v) is 10.2. The van der Waals surface area contributed by atoms with E-state index in [2.05, 4.69) is 27.4 Å².